The molecule has 1 saturated heterocycles. The second-order valence-corrected chi connectivity index (χ2v) is 18.9. The predicted octanol–water partition coefficient (Wildman–Crippen LogP) is 0.813. The van der Waals surface area contributed by atoms with Gasteiger partial charge in [0.05, 0.1) is 24.4 Å². The Morgan fingerprint density at radius 3 is 2.18 bits per heavy atom. The van der Waals surface area contributed by atoms with E-state index < -0.39 is 70.9 Å². The number of allylic oxidation sites excluding steroid dienone is 2. The number of hydrogen-bond acceptors (Lipinski definition) is 11. The van der Waals surface area contributed by atoms with E-state index >= 15 is 0 Å². The second kappa shape index (κ2) is 14.5. The van der Waals surface area contributed by atoms with Crippen LogP contribution >= 0.6 is 0 Å². The van der Waals surface area contributed by atoms with E-state index in [4.69, 9.17) is 9.47 Å². The van der Waals surface area contributed by atoms with Crippen LogP contribution in [-0.4, -0.2) is 93.6 Å². The van der Waals surface area contributed by atoms with Gasteiger partial charge in [-0.25, -0.2) is 8.42 Å². The molecule has 5 N–H and O–H groups in total. The Balaban J connectivity index is 0.00000541. The average Bonchev–Trinajstić information content (AvgIpc) is 3.35. The molecule has 13 heteroatoms. The van der Waals surface area contributed by atoms with Gasteiger partial charge < -0.3 is 39.6 Å². The summed E-state index contributed by atoms with van der Waals surface area (Å²) in [5.41, 5.74) is -0.296. The molecule has 278 valence electrons. The molecule has 49 heavy (non-hydrogen) atoms. The number of aliphatic hydroxyl groups is 5. The van der Waals surface area contributed by atoms with Crippen molar-refractivity contribution < 1.29 is 81.7 Å². The molecule has 11 nitrogen and oxygen atoms in total. The summed E-state index contributed by atoms with van der Waals surface area (Å²) < 4.78 is 49.5. The van der Waals surface area contributed by atoms with Crippen LogP contribution in [0.25, 0.3) is 0 Å². The van der Waals surface area contributed by atoms with Crippen molar-refractivity contribution >= 4 is 10.4 Å². The van der Waals surface area contributed by atoms with E-state index in [9.17, 15) is 38.5 Å². The van der Waals surface area contributed by atoms with Gasteiger partial charge in [-0.3, -0.25) is 4.18 Å². The van der Waals surface area contributed by atoms with Crippen LogP contribution in [0.2, 0.25) is 0 Å². The molecule has 0 radical (unpaired) electrons. The molecule has 5 aliphatic rings. The van der Waals surface area contributed by atoms with Gasteiger partial charge in [0.25, 0.3) is 0 Å². The van der Waals surface area contributed by atoms with Gasteiger partial charge in [-0.1, -0.05) is 46.3 Å². The molecule has 4 aliphatic carbocycles. The average molecular weight is 725 g/mol. The minimum absolute atomic E-state index is 0. The van der Waals surface area contributed by atoms with Crippen molar-refractivity contribution in [2.75, 3.05) is 6.61 Å². The maximum absolute atomic E-state index is 12.0. The third-order valence-electron chi connectivity index (χ3n) is 14.7. The Morgan fingerprint density at radius 1 is 0.939 bits per heavy atom. The summed E-state index contributed by atoms with van der Waals surface area (Å²) in [6, 6.07) is 0. The molecule has 0 bridgehead atoms. The smallest absolute Gasteiger partial charge is 0.726 e. The summed E-state index contributed by atoms with van der Waals surface area (Å²) in [5, 5.41) is 55.6. The molecular formula is C36H61NaO11S. The van der Waals surface area contributed by atoms with Gasteiger partial charge in [-0.2, -0.15) is 0 Å². The maximum atomic E-state index is 12.0. The van der Waals surface area contributed by atoms with E-state index in [-0.39, 0.29) is 69.5 Å². The normalized spacial score (nSPS) is 47.5. The fraction of sp³-hybridized carbons (Fsp3) is 0.944. The molecule has 4 saturated carbocycles. The fourth-order valence-corrected chi connectivity index (χ4v) is 12.3. The fourth-order valence-electron chi connectivity index (χ4n) is 12.0. The quantitative estimate of drug-likeness (QED) is 0.0746. The van der Waals surface area contributed by atoms with Crippen molar-refractivity contribution in [1.82, 2.24) is 0 Å². The monoisotopic (exact) mass is 724 g/mol. The molecule has 0 aromatic carbocycles. The molecule has 0 aromatic heterocycles. The van der Waals surface area contributed by atoms with Crippen LogP contribution in [-0.2, 0) is 24.1 Å². The zero-order valence-electron chi connectivity index (χ0n) is 31.1. The van der Waals surface area contributed by atoms with Crippen LogP contribution in [0, 0.1) is 45.3 Å². The first-order chi connectivity index (χ1) is 22.0. The van der Waals surface area contributed by atoms with Crippen LogP contribution in [0.3, 0.4) is 0 Å². The minimum Gasteiger partial charge on any atom is -0.726 e. The molecule has 0 spiro atoms. The van der Waals surface area contributed by atoms with Crippen molar-refractivity contribution in [2.45, 2.75) is 162 Å². The van der Waals surface area contributed by atoms with Gasteiger partial charge in [0.15, 0.2) is 6.29 Å². The van der Waals surface area contributed by atoms with Gasteiger partial charge in [0.1, 0.15) is 24.4 Å². The van der Waals surface area contributed by atoms with Crippen LogP contribution in [0.4, 0.5) is 0 Å². The molecule has 5 rings (SSSR count). The standard InChI is InChI=1S/C36H62O11S.Na/c1-20(2)10-9-14-36(8,41)21-11-16-35(7)27(21)22(37)18-25-33(5)15-13-26(32(3,4)24(33)12-17-34(25,35)6)47-31-30(40)29(39)28(38)23(46-31)19-45-48(42,43)44;/h10,21-31,37-41H,9,11-19H2,1-8H3,(H,42,43,44);/q;+1/p-1/t21?,22-,23-,24?,25?,26+,27+,28-,29+,30-,31?,33+,34-,35-,36+;/m1./s1. The van der Waals surface area contributed by atoms with Crippen LogP contribution < -0.4 is 29.6 Å². The summed E-state index contributed by atoms with van der Waals surface area (Å²) in [4.78, 5) is 0. The summed E-state index contributed by atoms with van der Waals surface area (Å²) in [5.74, 6) is 0.512. The Bertz CT molecular complexity index is 1320. The molecule has 0 amide bonds. The van der Waals surface area contributed by atoms with E-state index in [0.717, 1.165) is 38.5 Å². The second-order valence-electron chi connectivity index (χ2n) is 17.8. The van der Waals surface area contributed by atoms with Gasteiger partial charge >= 0.3 is 29.6 Å². The van der Waals surface area contributed by atoms with E-state index in [1.54, 1.807) is 0 Å². The molecule has 1 aliphatic heterocycles. The van der Waals surface area contributed by atoms with Crippen molar-refractivity contribution in [3.63, 3.8) is 0 Å². The van der Waals surface area contributed by atoms with Crippen molar-refractivity contribution in [3.8, 4) is 0 Å². The van der Waals surface area contributed by atoms with Crippen LogP contribution in [0.5, 0.6) is 0 Å². The van der Waals surface area contributed by atoms with Crippen molar-refractivity contribution in [3.05, 3.63) is 11.6 Å². The minimum atomic E-state index is -5.07. The number of aliphatic hydroxyl groups excluding tert-OH is 4. The van der Waals surface area contributed by atoms with Gasteiger partial charge in [0, 0.05) is 0 Å². The Labute approximate surface area is 315 Å². The third-order valence-corrected chi connectivity index (χ3v) is 15.1. The van der Waals surface area contributed by atoms with Crippen molar-refractivity contribution in [2.24, 2.45) is 45.3 Å². The zero-order valence-corrected chi connectivity index (χ0v) is 33.9. The maximum Gasteiger partial charge on any atom is 1.00 e. The summed E-state index contributed by atoms with van der Waals surface area (Å²) in [6.07, 6.45) is 0.979. The van der Waals surface area contributed by atoms with E-state index in [1.165, 1.54) is 5.57 Å². The number of ether oxygens (including phenoxy) is 2. The van der Waals surface area contributed by atoms with Crippen LogP contribution in [0.15, 0.2) is 11.6 Å². The Kier molecular flexibility index (Phi) is 12.5. The van der Waals surface area contributed by atoms with E-state index in [0.29, 0.717) is 19.3 Å². The van der Waals surface area contributed by atoms with Gasteiger partial charge in [0.2, 0.25) is 10.4 Å². The number of fused-ring (bicyclic) bond motifs is 5. The first-order valence-corrected chi connectivity index (χ1v) is 19.3. The first-order valence-electron chi connectivity index (χ1n) is 18.0. The third kappa shape index (κ3) is 7.41. The molecular weight excluding hydrogens is 663 g/mol. The van der Waals surface area contributed by atoms with Crippen LogP contribution in [0.1, 0.15) is 113 Å². The topological polar surface area (TPSA) is 186 Å². The van der Waals surface area contributed by atoms with Gasteiger partial charge in [-0.15, -0.1) is 0 Å². The molecule has 0 aromatic rings. The first kappa shape index (κ1) is 42.1. The SMILES string of the molecule is CC(C)=CCC[C@](C)(O)C1CC[C@]2(C)[C@@H]1[C@H](O)CC1[C@@]3(C)CC[C@H](OC4O[C@H](COS(=O)(=O)[O-])[C@@H](O)[C@H](O)[C@H]4O)C(C)(C)C3CC[C@]12C.[Na+]. The number of hydrogen-bond donors (Lipinski definition) is 5. The predicted molar refractivity (Wildman–Crippen MR) is 177 cm³/mol. The van der Waals surface area contributed by atoms with E-state index in [2.05, 4.69) is 58.7 Å². The Hall–Kier alpha value is 0.330. The summed E-state index contributed by atoms with van der Waals surface area (Å²) in [6.45, 7) is 16.8. The summed E-state index contributed by atoms with van der Waals surface area (Å²) >= 11 is 0. The molecule has 4 unspecified atom stereocenters. The number of rotatable bonds is 9. The Morgan fingerprint density at radius 2 is 1.57 bits per heavy atom. The zero-order chi connectivity index (χ0) is 35.8. The van der Waals surface area contributed by atoms with Crippen molar-refractivity contribution in [1.29, 1.82) is 0 Å². The largest absolute Gasteiger partial charge is 1.00 e. The molecule has 5 fully saturated rings. The van der Waals surface area contributed by atoms with Gasteiger partial charge in [-0.05, 0) is 124 Å². The summed E-state index contributed by atoms with van der Waals surface area (Å²) in [7, 11) is -5.07. The van der Waals surface area contributed by atoms with E-state index in [1.807, 2.05) is 6.92 Å². The molecule has 1 heterocycles. The molecule has 15 atom stereocenters.